The van der Waals surface area contributed by atoms with E-state index >= 15 is 0 Å². The molecule has 2 N–H and O–H groups in total. The molecule has 0 spiro atoms. The predicted molar refractivity (Wildman–Crippen MR) is 60.3 cm³/mol. The van der Waals surface area contributed by atoms with Crippen LogP contribution in [0.15, 0.2) is 0 Å². The van der Waals surface area contributed by atoms with E-state index in [0.29, 0.717) is 6.54 Å². The molecule has 0 aliphatic carbocycles. The summed E-state index contributed by atoms with van der Waals surface area (Å²) < 4.78 is 0. The largest absolute Gasteiger partial charge is 0.356 e. The Labute approximate surface area is 91.8 Å². The van der Waals surface area contributed by atoms with Gasteiger partial charge in [-0.1, -0.05) is 27.7 Å². The lowest BCUT2D eigenvalue weighted by Crippen LogP contribution is -2.35. The molecule has 88 valence electrons. The second kappa shape index (κ2) is 7.26. The molecule has 0 aromatic heterocycles. The van der Waals surface area contributed by atoms with Gasteiger partial charge in [-0.25, -0.2) is 0 Å². The lowest BCUT2D eigenvalue weighted by molar-refractivity contribution is -0.125. The van der Waals surface area contributed by atoms with Crippen molar-refractivity contribution in [3.05, 3.63) is 0 Å². The summed E-state index contributed by atoms with van der Waals surface area (Å²) in [7, 11) is 0. The fourth-order valence-corrected chi connectivity index (χ4v) is 1.27. The van der Waals surface area contributed by atoms with Gasteiger partial charge in [0.15, 0.2) is 0 Å². The fourth-order valence-electron chi connectivity index (χ4n) is 1.27. The molecule has 1 unspecified atom stereocenters. The second-order valence-corrected chi connectivity index (χ2v) is 3.68. The molecule has 0 aromatic carbocycles. The zero-order valence-electron chi connectivity index (χ0n) is 10.1. The van der Waals surface area contributed by atoms with Crippen LogP contribution < -0.4 is 10.6 Å². The van der Waals surface area contributed by atoms with Crippen LogP contribution in [-0.2, 0) is 9.59 Å². The van der Waals surface area contributed by atoms with Crippen molar-refractivity contribution >= 4 is 11.8 Å². The van der Waals surface area contributed by atoms with Gasteiger partial charge in [-0.15, -0.1) is 0 Å². The summed E-state index contributed by atoms with van der Waals surface area (Å²) >= 11 is 0. The number of nitrogens with one attached hydrogen (secondary N) is 2. The Balaban J connectivity index is 0.000000921. The highest BCUT2D eigenvalue weighted by molar-refractivity contribution is 5.82. The van der Waals surface area contributed by atoms with Crippen LogP contribution in [0.1, 0.15) is 34.1 Å². The molecule has 1 rings (SSSR count). The molecule has 1 aliphatic rings. The Kier molecular flexibility index (Phi) is 6.75. The average Bonchev–Trinajstić information content (AvgIpc) is 2.63. The minimum Gasteiger partial charge on any atom is -0.356 e. The van der Waals surface area contributed by atoms with E-state index in [1.54, 1.807) is 0 Å². The zero-order chi connectivity index (χ0) is 11.8. The molecule has 4 heteroatoms. The van der Waals surface area contributed by atoms with E-state index < -0.39 is 0 Å². The van der Waals surface area contributed by atoms with Gasteiger partial charge in [-0.3, -0.25) is 9.59 Å². The fraction of sp³-hybridized carbons (Fsp3) is 0.818. The second-order valence-electron chi connectivity index (χ2n) is 3.68. The summed E-state index contributed by atoms with van der Waals surface area (Å²) in [6.07, 6.45) is 0.831. The average molecular weight is 214 g/mol. The third-order valence-corrected chi connectivity index (χ3v) is 2.21. The number of rotatable bonds is 3. The Bertz CT molecular complexity index is 215. The van der Waals surface area contributed by atoms with Gasteiger partial charge in [0, 0.05) is 19.0 Å². The van der Waals surface area contributed by atoms with Crippen LogP contribution >= 0.6 is 0 Å². The molecule has 1 heterocycles. The molecular formula is C11H22N2O2. The number of carbonyl (C=O) groups is 2. The van der Waals surface area contributed by atoms with Crippen molar-refractivity contribution in [2.75, 3.05) is 13.1 Å². The molecule has 0 saturated carbocycles. The van der Waals surface area contributed by atoms with E-state index in [0.717, 1.165) is 13.0 Å². The maximum atomic E-state index is 11.2. The first-order valence-electron chi connectivity index (χ1n) is 5.66. The van der Waals surface area contributed by atoms with Gasteiger partial charge in [0.05, 0.1) is 5.92 Å². The minimum atomic E-state index is -0.0253. The van der Waals surface area contributed by atoms with Gasteiger partial charge in [0.25, 0.3) is 0 Å². The van der Waals surface area contributed by atoms with Crippen LogP contribution in [0.2, 0.25) is 0 Å². The summed E-state index contributed by atoms with van der Waals surface area (Å²) in [6, 6.07) is 0. The number of amides is 2. The van der Waals surface area contributed by atoms with Gasteiger partial charge in [0.1, 0.15) is 0 Å². The van der Waals surface area contributed by atoms with Crippen LogP contribution in [0.25, 0.3) is 0 Å². The topological polar surface area (TPSA) is 58.2 Å². The van der Waals surface area contributed by atoms with Crippen molar-refractivity contribution in [3.63, 3.8) is 0 Å². The van der Waals surface area contributed by atoms with Gasteiger partial charge >= 0.3 is 0 Å². The highest BCUT2D eigenvalue weighted by Crippen LogP contribution is 2.07. The van der Waals surface area contributed by atoms with Crippen molar-refractivity contribution in [1.29, 1.82) is 0 Å². The van der Waals surface area contributed by atoms with Crippen molar-refractivity contribution in [3.8, 4) is 0 Å². The molecule has 0 aromatic rings. The quantitative estimate of drug-likeness (QED) is 0.734. The highest BCUT2D eigenvalue weighted by Gasteiger charge is 2.24. The molecule has 0 bridgehead atoms. The molecule has 1 saturated heterocycles. The summed E-state index contributed by atoms with van der Waals surface area (Å²) in [5, 5.41) is 5.49. The molecule has 1 aliphatic heterocycles. The molecular weight excluding hydrogens is 192 g/mol. The normalized spacial score (nSPS) is 19.3. The molecule has 15 heavy (non-hydrogen) atoms. The first-order valence-corrected chi connectivity index (χ1v) is 5.66. The molecule has 2 amide bonds. The van der Waals surface area contributed by atoms with Crippen LogP contribution in [-0.4, -0.2) is 24.9 Å². The zero-order valence-corrected chi connectivity index (χ0v) is 10.1. The van der Waals surface area contributed by atoms with Crippen LogP contribution in [0.3, 0.4) is 0 Å². The molecule has 1 atom stereocenters. The Morgan fingerprint density at radius 2 is 2.13 bits per heavy atom. The predicted octanol–water partition coefficient (Wildman–Crippen LogP) is 0.921. The number of hydrogen-bond acceptors (Lipinski definition) is 2. The van der Waals surface area contributed by atoms with Gasteiger partial charge in [0.2, 0.25) is 11.8 Å². The van der Waals surface area contributed by atoms with Crippen LogP contribution in [0, 0.1) is 11.8 Å². The molecule has 0 radical (unpaired) electrons. The maximum Gasteiger partial charge on any atom is 0.224 e. The summed E-state index contributed by atoms with van der Waals surface area (Å²) in [5.41, 5.74) is 0. The summed E-state index contributed by atoms with van der Waals surface area (Å²) in [4.78, 5) is 22.3. The lowest BCUT2D eigenvalue weighted by atomic mass is 10.1. The lowest BCUT2D eigenvalue weighted by Gasteiger charge is -2.10. The van der Waals surface area contributed by atoms with Gasteiger partial charge in [-0.05, 0) is 6.42 Å². The van der Waals surface area contributed by atoms with Crippen molar-refractivity contribution in [1.82, 2.24) is 10.6 Å². The SMILES string of the molecule is CC.CC(C)C(=O)NCC1CCNC1=O. The number of hydrogen-bond donors (Lipinski definition) is 2. The molecule has 1 fully saturated rings. The summed E-state index contributed by atoms with van der Waals surface area (Å²) in [5.74, 6) is 0.0379. The Morgan fingerprint density at radius 1 is 1.53 bits per heavy atom. The van der Waals surface area contributed by atoms with Crippen molar-refractivity contribution < 1.29 is 9.59 Å². The standard InChI is InChI=1S/C9H16N2O2.C2H6/c1-6(2)8(12)11-5-7-3-4-10-9(7)13;1-2/h6-7H,3-5H2,1-2H3,(H,10,13)(H,11,12);1-2H3. The van der Waals surface area contributed by atoms with E-state index in [-0.39, 0.29) is 23.7 Å². The van der Waals surface area contributed by atoms with E-state index in [2.05, 4.69) is 10.6 Å². The Hall–Kier alpha value is -1.06. The van der Waals surface area contributed by atoms with Crippen molar-refractivity contribution in [2.24, 2.45) is 11.8 Å². The smallest absolute Gasteiger partial charge is 0.224 e. The third kappa shape index (κ3) is 4.81. The van der Waals surface area contributed by atoms with Gasteiger partial charge in [-0.2, -0.15) is 0 Å². The first kappa shape index (κ1) is 13.9. The molecule has 4 nitrogen and oxygen atoms in total. The van der Waals surface area contributed by atoms with E-state index in [1.807, 2.05) is 27.7 Å². The third-order valence-electron chi connectivity index (χ3n) is 2.21. The monoisotopic (exact) mass is 214 g/mol. The van der Waals surface area contributed by atoms with E-state index in [9.17, 15) is 9.59 Å². The van der Waals surface area contributed by atoms with E-state index in [4.69, 9.17) is 0 Å². The van der Waals surface area contributed by atoms with Gasteiger partial charge < -0.3 is 10.6 Å². The summed E-state index contributed by atoms with van der Waals surface area (Å²) in [6.45, 7) is 8.89. The number of carbonyl (C=O) groups excluding carboxylic acids is 2. The van der Waals surface area contributed by atoms with E-state index in [1.165, 1.54) is 0 Å². The van der Waals surface area contributed by atoms with Crippen molar-refractivity contribution in [2.45, 2.75) is 34.1 Å². The van der Waals surface area contributed by atoms with Crippen LogP contribution in [0.5, 0.6) is 0 Å². The van der Waals surface area contributed by atoms with Crippen LogP contribution in [0.4, 0.5) is 0 Å². The highest BCUT2D eigenvalue weighted by atomic mass is 16.2. The Morgan fingerprint density at radius 3 is 2.53 bits per heavy atom. The first-order chi connectivity index (χ1) is 7.11. The minimum absolute atomic E-state index is 0.00976. The maximum absolute atomic E-state index is 11.2.